The van der Waals surface area contributed by atoms with Crippen molar-refractivity contribution in [3.8, 4) is 0 Å². The van der Waals surface area contributed by atoms with Gasteiger partial charge in [0.2, 0.25) is 11.7 Å². The summed E-state index contributed by atoms with van der Waals surface area (Å²) < 4.78 is 11.1. The van der Waals surface area contributed by atoms with Crippen molar-refractivity contribution >= 4 is 35.4 Å². The largest absolute Gasteiger partial charge is 0.480 e. The number of hydrogen-bond donors (Lipinski definition) is 2. The van der Waals surface area contributed by atoms with Crippen LogP contribution >= 0.6 is 0 Å². The number of carboxylic acid groups (broad SMARTS) is 1. The van der Waals surface area contributed by atoms with Gasteiger partial charge in [0.1, 0.15) is 6.04 Å². The molecule has 220 valence electrons. The molecule has 2 N–H and O–H groups in total. The van der Waals surface area contributed by atoms with Gasteiger partial charge in [-0.3, -0.25) is 28.8 Å². The molecule has 40 heavy (non-hydrogen) atoms. The molecule has 0 unspecified atom stereocenters. The molecule has 0 aromatic rings. The maximum Gasteiger partial charge on any atom is 0.325 e. The predicted molar refractivity (Wildman–Crippen MR) is 142 cm³/mol. The Morgan fingerprint density at radius 3 is 2.40 bits per heavy atom. The second-order valence-electron chi connectivity index (χ2n) is 12.6. The Bertz CT molecular complexity index is 1140. The first-order chi connectivity index (χ1) is 18.7. The summed E-state index contributed by atoms with van der Waals surface area (Å²) >= 11 is 0. The normalized spacial score (nSPS) is 35.2. The summed E-state index contributed by atoms with van der Waals surface area (Å²) in [4.78, 5) is 73.3. The minimum absolute atomic E-state index is 0.0288. The highest BCUT2D eigenvalue weighted by molar-refractivity contribution is 5.94. The van der Waals surface area contributed by atoms with Gasteiger partial charge >= 0.3 is 17.9 Å². The Morgan fingerprint density at radius 2 is 1.73 bits per heavy atom. The lowest BCUT2D eigenvalue weighted by Gasteiger charge is -2.59. The molecule has 10 nitrogen and oxygen atoms in total. The van der Waals surface area contributed by atoms with Crippen LogP contribution < -0.4 is 5.32 Å². The SMILES string of the molecule is CC(=O)O[C@]1(C(=O)COC(=O)CCC(=O)N[C@H](C)C(=O)O)CC[C@@H]2[C@H]3CCC4=CC(=O)CC[C@]4(C)[C@@H]3CC[C@@]21C. The van der Waals surface area contributed by atoms with E-state index < -0.39 is 53.3 Å². The van der Waals surface area contributed by atoms with Crippen LogP contribution in [0.3, 0.4) is 0 Å². The highest BCUT2D eigenvalue weighted by atomic mass is 16.6. The van der Waals surface area contributed by atoms with Gasteiger partial charge in [0.05, 0.1) is 6.42 Å². The molecule has 3 fully saturated rings. The van der Waals surface area contributed by atoms with E-state index in [0.29, 0.717) is 31.1 Å². The number of amides is 1. The molecule has 0 bridgehead atoms. The van der Waals surface area contributed by atoms with Crippen LogP contribution in [0.15, 0.2) is 11.6 Å². The van der Waals surface area contributed by atoms with E-state index in [1.807, 2.05) is 13.0 Å². The molecule has 0 aromatic heterocycles. The minimum atomic E-state index is -1.40. The molecule has 1 amide bonds. The quantitative estimate of drug-likeness (QED) is 0.405. The van der Waals surface area contributed by atoms with Crippen LogP contribution in [0.4, 0.5) is 0 Å². The fourth-order valence-corrected chi connectivity index (χ4v) is 8.41. The summed E-state index contributed by atoms with van der Waals surface area (Å²) in [6.45, 7) is 6.36. The highest BCUT2D eigenvalue weighted by Gasteiger charge is 2.68. The smallest absolute Gasteiger partial charge is 0.325 e. The van der Waals surface area contributed by atoms with Crippen LogP contribution in [0, 0.1) is 28.6 Å². The van der Waals surface area contributed by atoms with Crippen molar-refractivity contribution in [1.29, 1.82) is 0 Å². The van der Waals surface area contributed by atoms with Crippen molar-refractivity contribution in [1.82, 2.24) is 5.32 Å². The molecule has 0 radical (unpaired) electrons. The van der Waals surface area contributed by atoms with Crippen molar-refractivity contribution < 1.29 is 43.3 Å². The lowest BCUT2D eigenvalue weighted by Crippen LogP contribution is -2.59. The zero-order valence-electron chi connectivity index (χ0n) is 23.9. The van der Waals surface area contributed by atoms with Gasteiger partial charge < -0.3 is 19.9 Å². The molecule has 0 spiro atoms. The molecular weight excluding hydrogens is 518 g/mol. The molecule has 0 aliphatic heterocycles. The van der Waals surface area contributed by atoms with Gasteiger partial charge in [0.15, 0.2) is 18.0 Å². The van der Waals surface area contributed by atoms with Crippen LogP contribution in [0.1, 0.15) is 91.9 Å². The molecule has 10 heteroatoms. The van der Waals surface area contributed by atoms with Crippen LogP contribution in [-0.4, -0.2) is 58.7 Å². The number of carbonyl (C=O) groups excluding carboxylic acids is 5. The summed E-state index contributed by atoms with van der Waals surface area (Å²) in [5.41, 5.74) is -0.785. The first-order valence-electron chi connectivity index (χ1n) is 14.4. The Morgan fingerprint density at radius 1 is 1.02 bits per heavy atom. The van der Waals surface area contributed by atoms with Gasteiger partial charge in [-0.2, -0.15) is 0 Å². The number of aliphatic carboxylic acids is 1. The monoisotopic (exact) mass is 559 g/mol. The number of Topliss-reactive ketones (excluding diaryl/α,β-unsaturated/α-hetero) is 1. The number of allylic oxidation sites excluding steroid dienone is 1. The number of nitrogens with one attached hydrogen (secondary N) is 1. The molecule has 3 saturated carbocycles. The average molecular weight is 560 g/mol. The van der Waals surface area contributed by atoms with E-state index in [9.17, 15) is 28.8 Å². The van der Waals surface area contributed by atoms with E-state index in [0.717, 1.165) is 32.1 Å². The van der Waals surface area contributed by atoms with E-state index in [4.69, 9.17) is 14.6 Å². The van der Waals surface area contributed by atoms with Crippen molar-refractivity contribution in [3.63, 3.8) is 0 Å². The number of esters is 2. The highest BCUT2D eigenvalue weighted by Crippen LogP contribution is 2.68. The Kier molecular flexibility index (Phi) is 8.30. The van der Waals surface area contributed by atoms with Gasteiger partial charge in [0.25, 0.3) is 0 Å². The topological polar surface area (TPSA) is 153 Å². The number of ketones is 2. The third-order valence-electron chi connectivity index (χ3n) is 10.5. The van der Waals surface area contributed by atoms with Gasteiger partial charge in [-0.25, -0.2) is 0 Å². The summed E-state index contributed by atoms with van der Waals surface area (Å²) in [5.74, 6) is -2.48. The van der Waals surface area contributed by atoms with Gasteiger partial charge in [0, 0.05) is 25.2 Å². The van der Waals surface area contributed by atoms with Crippen molar-refractivity contribution in [2.75, 3.05) is 6.61 Å². The Hall–Kier alpha value is -3.04. The van der Waals surface area contributed by atoms with E-state index in [1.54, 1.807) is 0 Å². The third-order valence-corrected chi connectivity index (χ3v) is 10.5. The molecule has 4 aliphatic rings. The lowest BCUT2D eigenvalue weighted by atomic mass is 9.46. The van der Waals surface area contributed by atoms with Crippen LogP contribution in [0.25, 0.3) is 0 Å². The Balaban J connectivity index is 1.46. The van der Waals surface area contributed by atoms with E-state index in [1.165, 1.54) is 19.4 Å². The molecular formula is C30H41NO9. The third kappa shape index (κ3) is 5.21. The number of fused-ring (bicyclic) bond motifs is 5. The molecule has 0 aromatic carbocycles. The number of hydrogen-bond acceptors (Lipinski definition) is 8. The average Bonchev–Trinajstić information content (AvgIpc) is 3.18. The molecule has 0 saturated heterocycles. The van der Waals surface area contributed by atoms with Crippen LogP contribution in [-0.2, 0) is 38.2 Å². The summed E-state index contributed by atoms with van der Waals surface area (Å²) in [6.07, 6.45) is 7.11. The predicted octanol–water partition coefficient (Wildman–Crippen LogP) is 3.30. The van der Waals surface area contributed by atoms with Gasteiger partial charge in [-0.05, 0) is 81.1 Å². The number of rotatable bonds is 9. The zero-order valence-corrected chi connectivity index (χ0v) is 23.9. The first kappa shape index (κ1) is 29.9. The number of carboxylic acids is 1. The minimum Gasteiger partial charge on any atom is -0.480 e. The van der Waals surface area contributed by atoms with Crippen molar-refractivity contribution in [3.05, 3.63) is 11.6 Å². The fraction of sp³-hybridized carbons (Fsp3) is 0.733. The van der Waals surface area contributed by atoms with E-state index in [2.05, 4.69) is 12.2 Å². The van der Waals surface area contributed by atoms with E-state index in [-0.39, 0.29) is 30.0 Å². The number of carbonyl (C=O) groups is 6. The molecule has 7 atom stereocenters. The fourth-order valence-electron chi connectivity index (χ4n) is 8.41. The molecule has 4 rings (SSSR count). The van der Waals surface area contributed by atoms with Crippen molar-refractivity contribution in [2.24, 2.45) is 28.6 Å². The summed E-state index contributed by atoms with van der Waals surface area (Å²) in [5, 5.41) is 11.2. The van der Waals surface area contributed by atoms with Gasteiger partial charge in [-0.15, -0.1) is 0 Å². The maximum absolute atomic E-state index is 13.8. The van der Waals surface area contributed by atoms with Gasteiger partial charge in [-0.1, -0.05) is 19.4 Å². The first-order valence-corrected chi connectivity index (χ1v) is 14.4. The molecule has 0 heterocycles. The second-order valence-corrected chi connectivity index (χ2v) is 12.6. The standard InChI is InChI=1S/C30H41NO9/c1-17(27(37)38)31-25(35)7-8-26(36)39-16-24(34)30(40-18(2)32)14-11-23-21-6-5-19-15-20(33)9-12-28(19,3)22(21)10-13-29(23,30)4/h15,17,21-23H,5-14,16H2,1-4H3,(H,31,35)(H,37,38)/t17-,21+,22-,23-,28+,29+,30+/m1/s1. The van der Waals surface area contributed by atoms with Crippen LogP contribution in [0.5, 0.6) is 0 Å². The maximum atomic E-state index is 13.8. The Labute approximate surface area is 234 Å². The second kappa shape index (κ2) is 11.1. The number of ether oxygens (including phenoxy) is 2. The van der Waals surface area contributed by atoms with E-state index >= 15 is 0 Å². The summed E-state index contributed by atoms with van der Waals surface area (Å²) in [7, 11) is 0. The lowest BCUT2D eigenvalue weighted by molar-refractivity contribution is -0.191. The molecule has 4 aliphatic carbocycles. The summed E-state index contributed by atoms with van der Waals surface area (Å²) in [6, 6.07) is -1.09. The van der Waals surface area contributed by atoms with Crippen molar-refractivity contribution in [2.45, 2.75) is 104 Å². The zero-order chi connectivity index (χ0) is 29.5. The van der Waals surface area contributed by atoms with Crippen LogP contribution in [0.2, 0.25) is 0 Å².